The van der Waals surface area contributed by atoms with Gasteiger partial charge in [-0.25, -0.2) is 4.31 Å². The second-order valence-corrected chi connectivity index (χ2v) is 4.73. The normalized spacial score (nSPS) is 17.5. The Bertz CT molecular complexity index is 296. The number of hydrogen-bond acceptors (Lipinski definition) is 2. The molecule has 1 aromatic rings. The van der Waals surface area contributed by atoms with Gasteiger partial charge >= 0.3 is 0 Å². The Hall–Kier alpha value is -0.470. The second-order valence-electron chi connectivity index (χ2n) is 3.71. The van der Waals surface area contributed by atoms with Crippen molar-refractivity contribution in [1.82, 2.24) is 4.31 Å². The predicted octanol–water partition coefficient (Wildman–Crippen LogP) is 3.06. The van der Waals surface area contributed by atoms with Gasteiger partial charge in [-0.3, -0.25) is 0 Å². The molecule has 1 aliphatic heterocycles. The van der Waals surface area contributed by atoms with Crippen LogP contribution in [0.1, 0.15) is 25.0 Å². The Labute approximate surface area is 84.3 Å². The lowest BCUT2D eigenvalue weighted by atomic mass is 10.1. The van der Waals surface area contributed by atoms with Gasteiger partial charge < -0.3 is 0 Å². The van der Waals surface area contributed by atoms with Crippen LogP contribution in [0.25, 0.3) is 0 Å². The first-order valence-electron chi connectivity index (χ1n) is 4.73. The molecular formula is C11H15NS. The lowest BCUT2D eigenvalue weighted by molar-refractivity contribution is 0.384. The summed E-state index contributed by atoms with van der Waals surface area (Å²) >= 11 is 1.95. The van der Waals surface area contributed by atoms with E-state index in [1.165, 1.54) is 11.1 Å². The molecule has 0 radical (unpaired) electrons. The summed E-state index contributed by atoms with van der Waals surface area (Å²) in [6.45, 7) is 5.60. The topological polar surface area (TPSA) is 3.24 Å². The molecule has 70 valence electrons. The van der Waals surface area contributed by atoms with Gasteiger partial charge in [0.05, 0.1) is 0 Å². The van der Waals surface area contributed by atoms with Crippen LogP contribution in [0, 0.1) is 0 Å². The quantitative estimate of drug-likeness (QED) is 0.631. The zero-order valence-corrected chi connectivity index (χ0v) is 8.97. The molecule has 1 nitrogen and oxygen atoms in total. The molecule has 0 aromatic heterocycles. The minimum Gasteiger partial charge on any atom is -0.243 e. The first-order valence-corrected chi connectivity index (χ1v) is 5.68. The molecule has 0 spiro atoms. The van der Waals surface area contributed by atoms with Crippen molar-refractivity contribution in [3.63, 3.8) is 0 Å². The Morgan fingerprint density at radius 1 is 1.23 bits per heavy atom. The van der Waals surface area contributed by atoms with E-state index < -0.39 is 0 Å². The summed E-state index contributed by atoms with van der Waals surface area (Å²) in [5.74, 6) is 1.13. The van der Waals surface area contributed by atoms with E-state index in [-0.39, 0.29) is 0 Å². The molecule has 0 atom stereocenters. The maximum absolute atomic E-state index is 2.45. The average Bonchev–Trinajstić information content (AvgIpc) is 2.17. The van der Waals surface area contributed by atoms with Gasteiger partial charge in [-0.2, -0.15) is 0 Å². The second kappa shape index (κ2) is 3.72. The molecule has 1 heterocycles. The average molecular weight is 193 g/mol. The monoisotopic (exact) mass is 193 g/mol. The number of nitrogens with zero attached hydrogens (tertiary/aromatic N) is 1. The standard InChI is InChI=1S/C11H15NS/c1-9(2)12-7-10-5-3-4-6-11(10)8-13-12/h3-6,9H,7-8H2,1-2H3. The Balaban J connectivity index is 2.20. The number of benzene rings is 1. The van der Waals surface area contributed by atoms with E-state index in [2.05, 4.69) is 42.4 Å². The van der Waals surface area contributed by atoms with Crippen LogP contribution in [0.2, 0.25) is 0 Å². The molecular weight excluding hydrogens is 178 g/mol. The molecule has 2 rings (SSSR count). The first kappa shape index (κ1) is 9.10. The third kappa shape index (κ3) is 1.89. The van der Waals surface area contributed by atoms with Crippen molar-refractivity contribution in [2.45, 2.75) is 32.2 Å². The maximum Gasteiger partial charge on any atom is 0.0346 e. The van der Waals surface area contributed by atoms with Crippen LogP contribution in [0.15, 0.2) is 24.3 Å². The molecule has 0 fully saturated rings. The van der Waals surface area contributed by atoms with Crippen molar-refractivity contribution < 1.29 is 0 Å². The van der Waals surface area contributed by atoms with Crippen LogP contribution in [-0.4, -0.2) is 10.3 Å². The van der Waals surface area contributed by atoms with E-state index in [1.807, 2.05) is 11.9 Å². The summed E-state index contributed by atoms with van der Waals surface area (Å²) in [5, 5.41) is 0. The van der Waals surface area contributed by atoms with E-state index >= 15 is 0 Å². The SMILES string of the molecule is CC(C)N1Cc2ccccc2CS1. The molecule has 0 amide bonds. The highest BCUT2D eigenvalue weighted by Crippen LogP contribution is 2.30. The molecule has 0 bridgehead atoms. The van der Waals surface area contributed by atoms with Crippen molar-refractivity contribution in [2.75, 3.05) is 0 Å². The van der Waals surface area contributed by atoms with Crippen molar-refractivity contribution >= 4 is 11.9 Å². The molecule has 0 aliphatic carbocycles. The minimum absolute atomic E-state index is 0.637. The van der Waals surface area contributed by atoms with E-state index in [4.69, 9.17) is 0 Å². The highest BCUT2D eigenvalue weighted by Gasteiger charge is 2.17. The summed E-state index contributed by atoms with van der Waals surface area (Å²) in [4.78, 5) is 0. The molecule has 0 saturated carbocycles. The minimum atomic E-state index is 0.637. The third-order valence-corrected chi connectivity index (χ3v) is 3.73. The zero-order chi connectivity index (χ0) is 9.26. The summed E-state index contributed by atoms with van der Waals surface area (Å²) in [6.07, 6.45) is 0. The van der Waals surface area contributed by atoms with Crippen molar-refractivity contribution in [1.29, 1.82) is 0 Å². The van der Waals surface area contributed by atoms with Crippen LogP contribution in [0.4, 0.5) is 0 Å². The Kier molecular flexibility index (Phi) is 2.61. The summed E-state index contributed by atoms with van der Waals surface area (Å²) in [5.41, 5.74) is 3.00. The van der Waals surface area contributed by atoms with Gasteiger partial charge in [-0.1, -0.05) is 36.2 Å². The van der Waals surface area contributed by atoms with Crippen LogP contribution < -0.4 is 0 Å². The van der Waals surface area contributed by atoms with Gasteiger partial charge in [0.2, 0.25) is 0 Å². The van der Waals surface area contributed by atoms with Crippen LogP contribution in [0.3, 0.4) is 0 Å². The molecule has 0 N–H and O–H groups in total. The largest absolute Gasteiger partial charge is 0.243 e. The lowest BCUT2D eigenvalue weighted by Gasteiger charge is -2.30. The fourth-order valence-corrected chi connectivity index (χ4v) is 2.67. The van der Waals surface area contributed by atoms with Gasteiger partial charge in [-0.15, -0.1) is 0 Å². The highest BCUT2D eigenvalue weighted by molar-refractivity contribution is 7.96. The van der Waals surface area contributed by atoms with Gasteiger partial charge in [0.1, 0.15) is 0 Å². The fourth-order valence-electron chi connectivity index (χ4n) is 1.55. The van der Waals surface area contributed by atoms with Crippen molar-refractivity contribution in [3.8, 4) is 0 Å². The van der Waals surface area contributed by atoms with Gasteiger partial charge in [-0.05, 0) is 25.0 Å². The molecule has 1 aromatic carbocycles. The molecule has 13 heavy (non-hydrogen) atoms. The Morgan fingerprint density at radius 2 is 1.92 bits per heavy atom. The highest BCUT2D eigenvalue weighted by atomic mass is 32.2. The summed E-state index contributed by atoms with van der Waals surface area (Å²) in [6, 6.07) is 9.38. The number of fused-ring (bicyclic) bond motifs is 1. The van der Waals surface area contributed by atoms with Gasteiger partial charge in [0.25, 0.3) is 0 Å². The number of hydrogen-bond donors (Lipinski definition) is 0. The zero-order valence-electron chi connectivity index (χ0n) is 8.16. The molecule has 2 heteroatoms. The van der Waals surface area contributed by atoms with E-state index in [0.717, 1.165) is 12.3 Å². The van der Waals surface area contributed by atoms with Gasteiger partial charge in [0.15, 0.2) is 0 Å². The van der Waals surface area contributed by atoms with Crippen LogP contribution in [-0.2, 0) is 12.3 Å². The smallest absolute Gasteiger partial charge is 0.0346 e. The third-order valence-electron chi connectivity index (χ3n) is 2.41. The Morgan fingerprint density at radius 3 is 2.62 bits per heavy atom. The lowest BCUT2D eigenvalue weighted by Crippen LogP contribution is -2.26. The molecule has 1 aliphatic rings. The van der Waals surface area contributed by atoms with Crippen molar-refractivity contribution in [3.05, 3.63) is 35.4 Å². The van der Waals surface area contributed by atoms with Crippen LogP contribution >= 0.6 is 11.9 Å². The van der Waals surface area contributed by atoms with E-state index in [1.54, 1.807) is 0 Å². The summed E-state index contributed by atoms with van der Waals surface area (Å²) in [7, 11) is 0. The predicted molar refractivity (Wildman–Crippen MR) is 58.4 cm³/mol. The van der Waals surface area contributed by atoms with Crippen molar-refractivity contribution in [2.24, 2.45) is 0 Å². The maximum atomic E-state index is 2.45. The molecule has 0 saturated heterocycles. The number of rotatable bonds is 1. The van der Waals surface area contributed by atoms with Crippen LogP contribution in [0.5, 0.6) is 0 Å². The fraction of sp³-hybridized carbons (Fsp3) is 0.455. The first-order chi connectivity index (χ1) is 6.27. The summed E-state index contributed by atoms with van der Waals surface area (Å²) < 4.78 is 2.45. The van der Waals surface area contributed by atoms with E-state index in [0.29, 0.717) is 6.04 Å². The van der Waals surface area contributed by atoms with E-state index in [9.17, 15) is 0 Å². The molecule has 0 unspecified atom stereocenters. The van der Waals surface area contributed by atoms with Gasteiger partial charge in [0, 0.05) is 18.3 Å².